The number of carboxylic acid groups (broad SMARTS) is 1. The molecule has 138 heavy (non-hydrogen) atoms. The number of nitrogen functional groups attached to an aromatic ring is 2. The highest BCUT2D eigenvalue weighted by molar-refractivity contribution is 6.32. The summed E-state index contributed by atoms with van der Waals surface area (Å²) < 4.78 is 29.7. The summed E-state index contributed by atoms with van der Waals surface area (Å²) in [7, 11) is 11.2. The Hall–Kier alpha value is -18.1. The molecule has 0 aliphatic rings. The Morgan fingerprint density at radius 2 is 0.754 bits per heavy atom. The Morgan fingerprint density at radius 3 is 1.13 bits per heavy atom. The molecule has 0 fully saturated rings. The Balaban J connectivity index is 0.000000247. The summed E-state index contributed by atoms with van der Waals surface area (Å²) in [5, 5.41) is 56.8. The van der Waals surface area contributed by atoms with E-state index < -0.39 is 10.9 Å². The van der Waals surface area contributed by atoms with Crippen LogP contribution in [0.3, 0.4) is 0 Å². The fraction of sp³-hybridized carbons (Fsp3) is 0.213. The van der Waals surface area contributed by atoms with Crippen LogP contribution in [-0.2, 0) is 113 Å². The fourth-order valence-corrected chi connectivity index (χ4v) is 12.9. The first-order valence-corrected chi connectivity index (χ1v) is 41.9. The normalized spacial score (nSPS) is 9.89. The SMILES string of the molecule is CCc1ccc(Cl)c([N+](=O)[O-])c1.CCc1ccc(NC)c(N)c1.CCc1ccc(NC)c([N+](=O)[O-])c1.CCc1ccc2c(c1)nc(N)n2C.CCc1ccc2c(c1)nc(Nc1nc3ccccc3o1)n2C.Cn1c(Nc2nc3ccccc3o2)nc2cc(C(=O)NCCOCCO)ccc21.Cn1c(Nc2nc3ccccc3o2)nc2cc(C(=O)O)ccc21.O=C=O.O=C=O.O=C=O.O=C=O.O=C=O. The lowest BCUT2D eigenvalue weighted by Gasteiger charge is -2.06. The summed E-state index contributed by atoms with van der Waals surface area (Å²) in [5.41, 5.74) is 32.0. The van der Waals surface area contributed by atoms with Crippen LogP contribution in [0.25, 0.3) is 77.4 Å². The number of nitrogens with two attached hydrogens (primary N) is 2. The van der Waals surface area contributed by atoms with Crippen molar-refractivity contribution < 1.29 is 95.6 Å². The molecule has 0 aliphatic heterocycles. The number of aliphatic hydroxyl groups excluding tert-OH is 1. The highest BCUT2D eigenvalue weighted by Crippen LogP contribution is 2.32. The first kappa shape index (κ1) is 109. The molecule has 10 aromatic carbocycles. The number of aryl methyl sites for hydroxylation is 9. The third-order valence-corrected chi connectivity index (χ3v) is 20.0. The van der Waals surface area contributed by atoms with Crippen molar-refractivity contribution in [1.82, 2.24) is 58.5 Å². The van der Waals surface area contributed by atoms with E-state index >= 15 is 0 Å². The van der Waals surface area contributed by atoms with Gasteiger partial charge in [-0.3, -0.25) is 41.0 Å². The van der Waals surface area contributed by atoms with Crippen LogP contribution >= 0.6 is 11.6 Å². The van der Waals surface area contributed by atoms with E-state index in [9.17, 15) is 29.8 Å². The average Bonchev–Trinajstić information content (AvgIpc) is 1.67. The Kier molecular flexibility index (Phi) is 44.1. The van der Waals surface area contributed by atoms with Crippen molar-refractivity contribution in [3.63, 3.8) is 0 Å². The molecule has 0 aliphatic carbocycles. The number of nitro benzene ring substituents is 2. The quantitative estimate of drug-likeness (QED) is 0.0130. The largest absolute Gasteiger partial charge is 0.478 e. The van der Waals surface area contributed by atoms with Crippen molar-refractivity contribution in [2.45, 2.75) is 66.7 Å². The number of amides is 1. The number of carbonyl (C=O) groups excluding carboxylic acids is 11. The number of ether oxygens (including phenoxy) is 1. The molecule has 0 saturated carbocycles. The van der Waals surface area contributed by atoms with Gasteiger partial charge >= 0.3 is 54.8 Å². The van der Waals surface area contributed by atoms with Crippen LogP contribution in [0, 0.1) is 20.2 Å². The summed E-state index contributed by atoms with van der Waals surface area (Å²) >= 11 is 5.61. The van der Waals surface area contributed by atoms with Crippen molar-refractivity contribution in [2.24, 2.45) is 28.2 Å². The van der Waals surface area contributed by atoms with E-state index in [1.165, 1.54) is 28.8 Å². The van der Waals surface area contributed by atoms with Gasteiger partial charge in [0, 0.05) is 66.5 Å². The molecular formula is C94H96ClN21O22. The number of aromatic nitrogens is 11. The third-order valence-electron chi connectivity index (χ3n) is 19.7. The number of anilines is 10. The number of aromatic carboxylic acids is 1. The molecule has 44 heteroatoms. The molecule has 0 saturated heterocycles. The number of nitro groups is 2. The monoisotopic (exact) mass is 1910 g/mol. The van der Waals surface area contributed by atoms with Crippen LogP contribution in [0.1, 0.15) is 83.2 Å². The molecule has 43 nitrogen and oxygen atoms in total. The van der Waals surface area contributed by atoms with Gasteiger partial charge in [-0.15, -0.1) is 0 Å². The van der Waals surface area contributed by atoms with Crippen LogP contribution < -0.4 is 43.4 Å². The molecule has 0 radical (unpaired) electrons. The molecule has 17 aromatic rings. The van der Waals surface area contributed by atoms with Crippen LogP contribution in [0.5, 0.6) is 0 Å². The zero-order valence-corrected chi connectivity index (χ0v) is 77.1. The predicted molar refractivity (Wildman–Crippen MR) is 509 cm³/mol. The number of benzene rings is 10. The van der Waals surface area contributed by atoms with Gasteiger partial charge in [-0.1, -0.05) is 113 Å². The number of imidazole rings is 4. The number of nitrogens with zero attached hydrogens (tertiary/aromatic N) is 13. The molecule has 7 aromatic heterocycles. The maximum absolute atomic E-state index is 12.3. The molecule has 12 N–H and O–H groups in total. The highest BCUT2D eigenvalue weighted by atomic mass is 35.5. The van der Waals surface area contributed by atoms with Gasteiger partial charge in [0.05, 0.1) is 90.7 Å². The van der Waals surface area contributed by atoms with E-state index in [2.05, 4.69) is 130 Å². The van der Waals surface area contributed by atoms with Crippen molar-refractivity contribution in [3.05, 3.63) is 264 Å². The second-order valence-electron chi connectivity index (χ2n) is 28.1. The van der Waals surface area contributed by atoms with Crippen LogP contribution in [0.15, 0.2) is 213 Å². The van der Waals surface area contributed by atoms with Gasteiger partial charge in [-0.05, 0) is 181 Å². The third kappa shape index (κ3) is 31.3. The molecule has 1 amide bonds. The minimum absolute atomic E-state index is 0.0176. The van der Waals surface area contributed by atoms with E-state index in [4.69, 9.17) is 99.2 Å². The summed E-state index contributed by atoms with van der Waals surface area (Å²) in [4.78, 5) is 156. The lowest BCUT2D eigenvalue weighted by Crippen LogP contribution is -2.27. The number of halogens is 1. The number of oxazole rings is 3. The summed E-state index contributed by atoms with van der Waals surface area (Å²) in [6.45, 7) is 11.2. The minimum atomic E-state index is -0.981. The lowest BCUT2D eigenvalue weighted by molar-refractivity contribution is -0.384. The molecule has 716 valence electrons. The Morgan fingerprint density at radius 1 is 0.420 bits per heavy atom. The van der Waals surface area contributed by atoms with E-state index in [0.717, 1.165) is 116 Å². The highest BCUT2D eigenvalue weighted by Gasteiger charge is 2.20. The molecule has 17 rings (SSSR count). The number of rotatable bonds is 22. The maximum atomic E-state index is 12.3. The molecule has 0 atom stereocenters. The second-order valence-corrected chi connectivity index (χ2v) is 28.5. The average molecular weight is 1910 g/mol. The van der Waals surface area contributed by atoms with E-state index in [0.29, 0.717) is 82.5 Å². The number of hydrogen-bond donors (Lipinski definition) is 10. The minimum Gasteiger partial charge on any atom is -0.478 e. The van der Waals surface area contributed by atoms with Gasteiger partial charge in [0.15, 0.2) is 16.7 Å². The Bertz CT molecular complexity index is 6980. The van der Waals surface area contributed by atoms with Gasteiger partial charge in [-0.2, -0.15) is 62.9 Å². The first-order chi connectivity index (χ1) is 66.4. The van der Waals surface area contributed by atoms with Gasteiger partial charge in [0.1, 0.15) is 27.3 Å². The van der Waals surface area contributed by atoms with Gasteiger partial charge in [0.25, 0.3) is 17.3 Å². The number of hydrogen-bond acceptors (Lipinski definition) is 35. The van der Waals surface area contributed by atoms with E-state index in [1.807, 2.05) is 164 Å². The molecule has 0 spiro atoms. The van der Waals surface area contributed by atoms with Crippen LogP contribution in [0.2, 0.25) is 5.02 Å². The standard InChI is InChI=1S/C20H21N5O4.C17H16N4O.C16H12N4O3.C10H13N3.C9H12N2O2.C9H14N2.C8H8ClNO2.5CO2/c1-25-16-7-6-13(18(27)21-8-10-28-11-9-26)12-15(16)22-19(25)24-20-23-14-4-2-3-5-17(14)29-20;1-3-11-8-9-14-13(10-11)18-16(21(14)2)20-17-19-12-6-4-5-7-15(12)22-17;1-20-12-7-6-9(14(21)22)8-11(12)17-15(20)19-16-18-10-4-2-3-5-13(10)23-16;1-3-7-4-5-9-8(6-7)12-10(11)13(9)2;1-3-7-4-5-8(10-2)9(6-7)11(12)13;1-3-7-4-5-9(11-2)8(10)6-7;1-2-6-3-4-7(9)8(5-6)10(11)12;5*2-1-3/h2-7,12,26H,8-11H2,1H3,(H,21,27)(H,22,23,24);4-10H,3H2,1-2H3,(H,18,19,20);2-8H,1H3,(H,21,22)(H,17,18,19);4-6H,3H2,1-2H3,(H2,11,12);4-6,10H,3H2,1-2H3;4-6,11H,3,10H2,1-2H3;3-5H,2H2,1H3;;;;;. The Labute approximate surface area is 789 Å². The van der Waals surface area contributed by atoms with Crippen LogP contribution in [-0.4, -0.2) is 156 Å². The van der Waals surface area contributed by atoms with Crippen molar-refractivity contribution in [2.75, 3.05) is 78.5 Å². The molecule has 0 unspecified atom stereocenters. The fourth-order valence-electron chi connectivity index (χ4n) is 12.7. The maximum Gasteiger partial charge on any atom is 0.373 e. The predicted octanol–water partition coefficient (Wildman–Crippen LogP) is 15.1. The topological polar surface area (TPSA) is 614 Å². The second kappa shape index (κ2) is 56.0. The number of carbonyl (C=O) groups is 2. The van der Waals surface area contributed by atoms with Gasteiger partial charge in [0.2, 0.25) is 23.8 Å². The summed E-state index contributed by atoms with van der Waals surface area (Å²) in [6.07, 6.45) is 5.91. The first-order valence-electron chi connectivity index (χ1n) is 41.5. The van der Waals surface area contributed by atoms with Crippen LogP contribution in [0.4, 0.5) is 70.3 Å². The summed E-state index contributed by atoms with van der Waals surface area (Å²) in [6, 6.07) is 62.7. The molecule has 0 bridgehead atoms. The zero-order valence-electron chi connectivity index (χ0n) is 76.3. The summed E-state index contributed by atoms with van der Waals surface area (Å²) in [5.74, 6) is 1.18. The zero-order chi connectivity index (χ0) is 102. The molecular weight excluding hydrogens is 1810 g/mol. The van der Waals surface area contributed by atoms with Crippen molar-refractivity contribution >= 4 is 202 Å². The van der Waals surface area contributed by atoms with Crippen molar-refractivity contribution in [3.8, 4) is 0 Å². The van der Waals surface area contributed by atoms with Gasteiger partial charge < -0.3 is 73.9 Å². The number of carboxylic acids is 1. The number of fused-ring (bicyclic) bond motifs is 7. The smallest absolute Gasteiger partial charge is 0.373 e. The molecule has 7 heterocycles. The number of aliphatic hydroxyl groups is 1. The number of para-hydroxylation sites is 6. The number of nitrogens with one attached hydrogen (secondary N) is 6. The van der Waals surface area contributed by atoms with E-state index in [-0.39, 0.29) is 76.8 Å². The van der Waals surface area contributed by atoms with Crippen molar-refractivity contribution in [1.29, 1.82) is 0 Å². The van der Waals surface area contributed by atoms with E-state index in [1.54, 1.807) is 55.6 Å². The lowest BCUT2D eigenvalue weighted by atomic mass is 10.1. The van der Waals surface area contributed by atoms with Gasteiger partial charge in [-0.25, -0.2) is 24.7 Å².